The molecule has 18 heavy (non-hydrogen) atoms. The zero-order chi connectivity index (χ0) is 13.2. The van der Waals surface area contributed by atoms with E-state index in [1.807, 2.05) is 50.2 Å². The summed E-state index contributed by atoms with van der Waals surface area (Å²) in [6, 6.07) is 14.9. The Bertz CT molecular complexity index is 527. The van der Waals surface area contributed by atoms with Gasteiger partial charge in [0.2, 0.25) is 0 Å². The van der Waals surface area contributed by atoms with Crippen LogP contribution in [0, 0.1) is 6.92 Å². The van der Waals surface area contributed by atoms with Gasteiger partial charge in [-0.1, -0.05) is 42.0 Å². The van der Waals surface area contributed by atoms with E-state index in [-0.39, 0.29) is 5.75 Å². The fraction of sp³-hybridized carbons (Fsp3) is 0.250. The molecule has 0 aliphatic rings. The van der Waals surface area contributed by atoms with Crippen molar-refractivity contribution in [3.8, 4) is 5.75 Å². The Balaban J connectivity index is 2.23. The van der Waals surface area contributed by atoms with Crippen molar-refractivity contribution in [2.75, 3.05) is 0 Å². The third-order valence-electron chi connectivity index (χ3n) is 3.12. The van der Waals surface area contributed by atoms with Crippen LogP contribution in [0.3, 0.4) is 0 Å². The Morgan fingerprint density at radius 1 is 1.06 bits per heavy atom. The number of aryl methyl sites for hydroxylation is 1. The minimum Gasteiger partial charge on any atom is -0.508 e. The molecule has 0 bridgehead atoms. The van der Waals surface area contributed by atoms with Crippen molar-refractivity contribution in [1.29, 1.82) is 0 Å². The van der Waals surface area contributed by atoms with E-state index in [0.717, 1.165) is 16.7 Å². The van der Waals surface area contributed by atoms with Gasteiger partial charge in [-0.2, -0.15) is 0 Å². The lowest BCUT2D eigenvalue weighted by molar-refractivity contribution is 0.0575. The van der Waals surface area contributed by atoms with E-state index in [0.29, 0.717) is 6.42 Å². The van der Waals surface area contributed by atoms with Gasteiger partial charge in [-0.05, 0) is 37.1 Å². The third-order valence-corrected chi connectivity index (χ3v) is 3.12. The van der Waals surface area contributed by atoms with Crippen LogP contribution in [0.15, 0.2) is 48.5 Å². The van der Waals surface area contributed by atoms with Gasteiger partial charge in [0.15, 0.2) is 0 Å². The molecule has 94 valence electrons. The molecule has 0 heterocycles. The molecule has 0 saturated heterocycles. The first-order valence-corrected chi connectivity index (χ1v) is 6.05. The maximum absolute atomic E-state index is 10.6. The fourth-order valence-electron chi connectivity index (χ4n) is 2.09. The van der Waals surface area contributed by atoms with Gasteiger partial charge in [0.25, 0.3) is 0 Å². The Morgan fingerprint density at radius 3 is 2.33 bits per heavy atom. The van der Waals surface area contributed by atoms with Gasteiger partial charge in [0.1, 0.15) is 5.75 Å². The SMILES string of the molecule is Cc1cccc(C(C)(O)Cc2ccc(O)cc2)c1. The highest BCUT2D eigenvalue weighted by Crippen LogP contribution is 2.26. The molecule has 0 spiro atoms. The van der Waals surface area contributed by atoms with Gasteiger partial charge in [0.05, 0.1) is 5.60 Å². The zero-order valence-corrected chi connectivity index (χ0v) is 10.7. The number of phenolic OH excluding ortho intramolecular Hbond substituents is 1. The van der Waals surface area contributed by atoms with Gasteiger partial charge in [-0.25, -0.2) is 0 Å². The molecule has 2 heteroatoms. The monoisotopic (exact) mass is 242 g/mol. The van der Waals surface area contributed by atoms with Crippen molar-refractivity contribution in [2.45, 2.75) is 25.9 Å². The van der Waals surface area contributed by atoms with Crippen LogP contribution in [0.4, 0.5) is 0 Å². The predicted octanol–water partition coefficient (Wildman–Crippen LogP) is 3.15. The third kappa shape index (κ3) is 2.90. The summed E-state index contributed by atoms with van der Waals surface area (Å²) in [4.78, 5) is 0. The Hall–Kier alpha value is -1.80. The molecule has 2 nitrogen and oxygen atoms in total. The molecule has 1 atom stereocenters. The Morgan fingerprint density at radius 2 is 1.72 bits per heavy atom. The Kier molecular flexibility index (Phi) is 3.39. The molecule has 0 saturated carbocycles. The number of rotatable bonds is 3. The average molecular weight is 242 g/mol. The number of phenols is 1. The molecule has 2 N–H and O–H groups in total. The van der Waals surface area contributed by atoms with Crippen LogP contribution in [-0.2, 0) is 12.0 Å². The fourth-order valence-corrected chi connectivity index (χ4v) is 2.09. The molecular weight excluding hydrogens is 224 g/mol. The second-order valence-corrected chi connectivity index (χ2v) is 4.99. The quantitative estimate of drug-likeness (QED) is 0.868. The van der Waals surface area contributed by atoms with E-state index in [1.54, 1.807) is 12.1 Å². The Labute approximate surface area is 108 Å². The van der Waals surface area contributed by atoms with Crippen LogP contribution in [-0.4, -0.2) is 10.2 Å². The number of aliphatic hydroxyl groups is 1. The zero-order valence-electron chi connectivity index (χ0n) is 10.7. The highest BCUT2D eigenvalue weighted by atomic mass is 16.3. The molecule has 0 radical (unpaired) electrons. The van der Waals surface area contributed by atoms with Crippen LogP contribution in [0.5, 0.6) is 5.75 Å². The summed E-state index contributed by atoms with van der Waals surface area (Å²) >= 11 is 0. The minimum atomic E-state index is -0.900. The van der Waals surface area contributed by atoms with E-state index in [9.17, 15) is 10.2 Å². The van der Waals surface area contributed by atoms with Crippen LogP contribution in [0.25, 0.3) is 0 Å². The van der Waals surface area contributed by atoms with Gasteiger partial charge in [-0.3, -0.25) is 0 Å². The summed E-state index contributed by atoms with van der Waals surface area (Å²) in [5, 5.41) is 19.8. The first-order chi connectivity index (χ1) is 8.47. The molecule has 0 aliphatic carbocycles. The van der Waals surface area contributed by atoms with Crippen LogP contribution in [0.1, 0.15) is 23.6 Å². The topological polar surface area (TPSA) is 40.5 Å². The number of benzene rings is 2. The molecule has 2 aromatic carbocycles. The normalized spacial score (nSPS) is 14.2. The predicted molar refractivity (Wildman–Crippen MR) is 72.6 cm³/mol. The van der Waals surface area contributed by atoms with Gasteiger partial charge in [0, 0.05) is 6.42 Å². The lowest BCUT2D eigenvalue weighted by atomic mass is 9.88. The first-order valence-electron chi connectivity index (χ1n) is 6.05. The maximum atomic E-state index is 10.6. The standard InChI is InChI=1S/C16H18O2/c1-12-4-3-5-14(10-12)16(2,18)11-13-6-8-15(17)9-7-13/h3-10,17-18H,11H2,1-2H3. The van der Waals surface area contributed by atoms with E-state index >= 15 is 0 Å². The molecule has 1 unspecified atom stereocenters. The lowest BCUT2D eigenvalue weighted by Crippen LogP contribution is -2.24. The van der Waals surface area contributed by atoms with Crippen LogP contribution >= 0.6 is 0 Å². The van der Waals surface area contributed by atoms with E-state index in [2.05, 4.69) is 0 Å². The van der Waals surface area contributed by atoms with Gasteiger partial charge < -0.3 is 10.2 Å². The smallest absolute Gasteiger partial charge is 0.115 e. The van der Waals surface area contributed by atoms with E-state index in [1.165, 1.54) is 0 Å². The largest absolute Gasteiger partial charge is 0.508 e. The van der Waals surface area contributed by atoms with E-state index in [4.69, 9.17) is 0 Å². The molecule has 2 rings (SSSR count). The highest BCUT2D eigenvalue weighted by Gasteiger charge is 2.23. The number of aromatic hydroxyl groups is 1. The summed E-state index contributed by atoms with van der Waals surface area (Å²) in [6.07, 6.45) is 0.525. The van der Waals surface area contributed by atoms with Crippen molar-refractivity contribution in [3.05, 3.63) is 65.2 Å². The lowest BCUT2D eigenvalue weighted by Gasteiger charge is -2.24. The molecule has 2 aromatic rings. The maximum Gasteiger partial charge on any atom is 0.115 e. The molecular formula is C16H18O2. The first kappa shape index (κ1) is 12.7. The summed E-state index contributed by atoms with van der Waals surface area (Å²) in [7, 11) is 0. The average Bonchev–Trinajstić information content (AvgIpc) is 2.32. The summed E-state index contributed by atoms with van der Waals surface area (Å²) in [5.74, 6) is 0.244. The molecule has 0 aliphatic heterocycles. The highest BCUT2D eigenvalue weighted by molar-refractivity contribution is 5.31. The summed E-state index contributed by atoms with van der Waals surface area (Å²) < 4.78 is 0. The van der Waals surface area contributed by atoms with Crippen molar-refractivity contribution in [3.63, 3.8) is 0 Å². The minimum absolute atomic E-state index is 0.244. The second-order valence-electron chi connectivity index (χ2n) is 4.99. The van der Waals surface area contributed by atoms with Crippen molar-refractivity contribution < 1.29 is 10.2 Å². The second kappa shape index (κ2) is 4.83. The number of hydrogen-bond acceptors (Lipinski definition) is 2. The van der Waals surface area contributed by atoms with Gasteiger partial charge in [-0.15, -0.1) is 0 Å². The van der Waals surface area contributed by atoms with Crippen LogP contribution < -0.4 is 0 Å². The van der Waals surface area contributed by atoms with Crippen molar-refractivity contribution in [1.82, 2.24) is 0 Å². The van der Waals surface area contributed by atoms with Crippen molar-refractivity contribution in [2.24, 2.45) is 0 Å². The molecule has 0 aromatic heterocycles. The van der Waals surface area contributed by atoms with Crippen molar-refractivity contribution >= 4 is 0 Å². The van der Waals surface area contributed by atoms with E-state index < -0.39 is 5.60 Å². The van der Waals surface area contributed by atoms with Gasteiger partial charge >= 0.3 is 0 Å². The summed E-state index contributed by atoms with van der Waals surface area (Å²) in [6.45, 7) is 3.83. The summed E-state index contributed by atoms with van der Waals surface area (Å²) in [5.41, 5.74) is 2.15. The molecule has 0 amide bonds. The number of hydrogen-bond donors (Lipinski definition) is 2. The van der Waals surface area contributed by atoms with Crippen LogP contribution in [0.2, 0.25) is 0 Å². The molecule has 0 fully saturated rings.